The number of carbonyl (C=O) groups is 1. The Morgan fingerprint density at radius 2 is 2.13 bits per heavy atom. The summed E-state index contributed by atoms with van der Waals surface area (Å²) in [6.07, 6.45) is 4.23. The van der Waals surface area contributed by atoms with Crippen molar-refractivity contribution in [2.75, 3.05) is 6.54 Å². The molecule has 3 heteroatoms. The maximum absolute atomic E-state index is 11.6. The van der Waals surface area contributed by atoms with Crippen LogP contribution in [0.4, 0.5) is 0 Å². The van der Waals surface area contributed by atoms with E-state index >= 15 is 0 Å². The molecule has 15 heavy (non-hydrogen) atoms. The Bertz CT molecular complexity index is 439. The van der Waals surface area contributed by atoms with E-state index in [1.807, 2.05) is 12.1 Å². The minimum Gasteiger partial charge on any atom is -0.291 e. The van der Waals surface area contributed by atoms with Crippen molar-refractivity contribution in [3.63, 3.8) is 0 Å². The van der Waals surface area contributed by atoms with Gasteiger partial charge in [0, 0.05) is 12.5 Å². The molecule has 0 bridgehead atoms. The third kappa shape index (κ3) is 1.27. The van der Waals surface area contributed by atoms with Gasteiger partial charge in [0.15, 0.2) is 0 Å². The Morgan fingerprint density at radius 1 is 1.27 bits per heavy atom. The van der Waals surface area contributed by atoms with Gasteiger partial charge in [0.05, 0.1) is 5.92 Å². The molecule has 1 fully saturated rings. The van der Waals surface area contributed by atoms with Gasteiger partial charge in [-0.05, 0) is 11.1 Å². The maximum atomic E-state index is 11.6. The number of hydrogen-bond acceptors (Lipinski definition) is 2. The lowest BCUT2D eigenvalue weighted by Crippen LogP contribution is -2.26. The molecule has 0 radical (unpaired) electrons. The second-order valence-corrected chi connectivity index (χ2v) is 3.99. The number of nitrogens with one attached hydrogen (secondary N) is 2. The van der Waals surface area contributed by atoms with E-state index in [9.17, 15) is 4.79 Å². The summed E-state index contributed by atoms with van der Waals surface area (Å²) in [5.41, 5.74) is 8.05. The van der Waals surface area contributed by atoms with E-state index in [2.05, 4.69) is 35.1 Å². The molecule has 0 spiro atoms. The summed E-state index contributed by atoms with van der Waals surface area (Å²) in [6.45, 7) is 0.710. The van der Waals surface area contributed by atoms with Crippen LogP contribution in [-0.4, -0.2) is 12.5 Å². The quantitative estimate of drug-likeness (QED) is 0.711. The molecule has 0 saturated carbocycles. The normalized spacial score (nSPS) is 27.9. The largest absolute Gasteiger partial charge is 0.291 e. The average Bonchev–Trinajstić information content (AvgIpc) is 2.83. The molecule has 1 aromatic carbocycles. The predicted octanol–water partition coefficient (Wildman–Crippen LogP) is 1.05. The van der Waals surface area contributed by atoms with Gasteiger partial charge in [0.1, 0.15) is 0 Å². The number of fused-ring (bicyclic) bond motifs is 1. The van der Waals surface area contributed by atoms with E-state index in [0.717, 1.165) is 0 Å². The number of amides is 1. The summed E-state index contributed by atoms with van der Waals surface area (Å²) in [6, 6.07) is 8.25. The highest BCUT2D eigenvalue weighted by molar-refractivity contribution is 5.83. The van der Waals surface area contributed by atoms with Crippen molar-refractivity contribution in [2.24, 2.45) is 5.92 Å². The van der Waals surface area contributed by atoms with E-state index in [-0.39, 0.29) is 17.7 Å². The van der Waals surface area contributed by atoms with Crippen molar-refractivity contribution < 1.29 is 4.79 Å². The topological polar surface area (TPSA) is 41.1 Å². The molecule has 2 N–H and O–H groups in total. The minimum atomic E-state index is 0.0323. The van der Waals surface area contributed by atoms with Gasteiger partial charge in [0.2, 0.25) is 5.91 Å². The number of benzene rings is 1. The minimum absolute atomic E-state index is 0.0323. The molecule has 1 aliphatic heterocycles. The van der Waals surface area contributed by atoms with Crippen LogP contribution in [0.1, 0.15) is 17.0 Å². The Morgan fingerprint density at radius 3 is 2.93 bits per heavy atom. The zero-order valence-corrected chi connectivity index (χ0v) is 8.23. The Kier molecular flexibility index (Phi) is 1.86. The van der Waals surface area contributed by atoms with Crippen LogP contribution in [0, 0.1) is 5.92 Å². The molecule has 3 rings (SSSR count). The fourth-order valence-electron chi connectivity index (χ4n) is 2.35. The van der Waals surface area contributed by atoms with Crippen LogP contribution in [0.15, 0.2) is 30.3 Å². The van der Waals surface area contributed by atoms with Crippen LogP contribution in [0.5, 0.6) is 0 Å². The van der Waals surface area contributed by atoms with Gasteiger partial charge in [-0.1, -0.05) is 36.4 Å². The van der Waals surface area contributed by atoms with Crippen molar-refractivity contribution >= 4 is 12.0 Å². The Hall–Kier alpha value is -1.61. The van der Waals surface area contributed by atoms with E-state index in [1.165, 1.54) is 11.1 Å². The van der Waals surface area contributed by atoms with Crippen molar-refractivity contribution in [2.45, 2.75) is 5.92 Å². The van der Waals surface area contributed by atoms with Gasteiger partial charge in [-0.25, -0.2) is 5.43 Å². The van der Waals surface area contributed by atoms with Crippen LogP contribution in [0.3, 0.4) is 0 Å². The molecule has 2 atom stereocenters. The van der Waals surface area contributed by atoms with Gasteiger partial charge >= 0.3 is 0 Å². The first kappa shape index (κ1) is 8.68. The number of hydrazine groups is 1. The lowest BCUT2D eigenvalue weighted by atomic mass is 9.88. The summed E-state index contributed by atoms with van der Waals surface area (Å²) < 4.78 is 0. The van der Waals surface area contributed by atoms with E-state index < -0.39 is 0 Å². The van der Waals surface area contributed by atoms with Crippen LogP contribution >= 0.6 is 0 Å². The smallest absolute Gasteiger partial charge is 0.239 e. The number of rotatable bonds is 1. The molecule has 1 aliphatic carbocycles. The van der Waals surface area contributed by atoms with Crippen molar-refractivity contribution in [3.05, 3.63) is 41.5 Å². The average molecular weight is 200 g/mol. The van der Waals surface area contributed by atoms with Gasteiger partial charge in [-0.3, -0.25) is 10.2 Å². The summed E-state index contributed by atoms with van der Waals surface area (Å²) in [5, 5.41) is 0. The summed E-state index contributed by atoms with van der Waals surface area (Å²) in [4.78, 5) is 11.6. The Labute approximate surface area is 88.2 Å². The van der Waals surface area contributed by atoms with Crippen molar-refractivity contribution in [1.29, 1.82) is 0 Å². The second-order valence-electron chi connectivity index (χ2n) is 3.99. The highest BCUT2D eigenvalue weighted by atomic mass is 16.2. The van der Waals surface area contributed by atoms with Crippen LogP contribution in [-0.2, 0) is 4.79 Å². The number of hydrogen-bond donors (Lipinski definition) is 2. The second kappa shape index (κ2) is 3.21. The van der Waals surface area contributed by atoms with E-state index in [4.69, 9.17) is 0 Å². The Balaban J connectivity index is 1.97. The first-order chi connectivity index (χ1) is 7.36. The zero-order chi connectivity index (χ0) is 10.3. The summed E-state index contributed by atoms with van der Waals surface area (Å²) in [7, 11) is 0. The lowest BCUT2D eigenvalue weighted by Gasteiger charge is -2.15. The van der Waals surface area contributed by atoms with Crippen LogP contribution < -0.4 is 10.9 Å². The summed E-state index contributed by atoms with van der Waals surface area (Å²) >= 11 is 0. The first-order valence-corrected chi connectivity index (χ1v) is 5.16. The highest BCUT2D eigenvalue weighted by Crippen LogP contribution is 2.35. The molecule has 76 valence electrons. The predicted molar refractivity (Wildman–Crippen MR) is 57.9 cm³/mol. The van der Waals surface area contributed by atoms with Gasteiger partial charge < -0.3 is 0 Å². The number of carbonyl (C=O) groups excluding carboxylic acids is 1. The molecule has 1 amide bonds. The molecule has 1 saturated heterocycles. The molecular weight excluding hydrogens is 188 g/mol. The van der Waals surface area contributed by atoms with E-state index in [0.29, 0.717) is 6.54 Å². The number of allylic oxidation sites excluding steroid dienone is 1. The first-order valence-electron chi connectivity index (χ1n) is 5.16. The maximum Gasteiger partial charge on any atom is 0.239 e. The van der Waals surface area contributed by atoms with Gasteiger partial charge in [-0.15, -0.1) is 0 Å². The standard InChI is InChI=1S/C12H12N2O/c15-12-11(7-13-14-12)10-6-5-8-3-1-2-4-9(8)10/h1-6,10-11,13H,7H2,(H,14,15). The third-order valence-electron chi connectivity index (χ3n) is 3.14. The summed E-state index contributed by atoms with van der Waals surface area (Å²) in [5.74, 6) is 0.363. The molecule has 0 aromatic heterocycles. The molecule has 1 aromatic rings. The third-order valence-corrected chi connectivity index (χ3v) is 3.14. The molecule has 2 aliphatic rings. The molecule has 2 unspecified atom stereocenters. The monoisotopic (exact) mass is 200 g/mol. The fourth-order valence-corrected chi connectivity index (χ4v) is 2.35. The van der Waals surface area contributed by atoms with Crippen molar-refractivity contribution in [3.8, 4) is 0 Å². The van der Waals surface area contributed by atoms with Crippen LogP contribution in [0.25, 0.3) is 6.08 Å². The van der Waals surface area contributed by atoms with Crippen molar-refractivity contribution in [1.82, 2.24) is 10.9 Å². The fraction of sp³-hybridized carbons (Fsp3) is 0.250. The molecule has 1 heterocycles. The van der Waals surface area contributed by atoms with Gasteiger partial charge in [-0.2, -0.15) is 0 Å². The SMILES string of the molecule is O=C1NNCC1C1C=Cc2ccccc21. The van der Waals surface area contributed by atoms with E-state index in [1.54, 1.807) is 0 Å². The molecular formula is C12H12N2O. The molecule has 3 nitrogen and oxygen atoms in total. The lowest BCUT2D eigenvalue weighted by molar-refractivity contribution is -0.122. The van der Waals surface area contributed by atoms with Gasteiger partial charge in [0.25, 0.3) is 0 Å². The van der Waals surface area contributed by atoms with Crippen LogP contribution in [0.2, 0.25) is 0 Å². The highest BCUT2D eigenvalue weighted by Gasteiger charge is 2.34. The zero-order valence-electron chi connectivity index (χ0n) is 8.23.